The molecule has 0 saturated carbocycles. The number of nitrogens with zero attached hydrogens (tertiary/aromatic N) is 4. The quantitative estimate of drug-likeness (QED) is 0.566. The van der Waals surface area contributed by atoms with Crippen molar-refractivity contribution in [2.24, 2.45) is 18.0 Å². The van der Waals surface area contributed by atoms with Crippen LogP contribution in [0.1, 0.15) is 31.7 Å². The third-order valence-corrected chi connectivity index (χ3v) is 3.81. The van der Waals surface area contributed by atoms with Crippen LogP contribution in [-0.2, 0) is 20.1 Å². The summed E-state index contributed by atoms with van der Waals surface area (Å²) in [5, 5.41) is 10.6. The van der Waals surface area contributed by atoms with Crippen molar-refractivity contribution in [1.29, 1.82) is 0 Å². The topological polar surface area (TPSA) is 76.4 Å². The zero-order chi connectivity index (χ0) is 18.1. The van der Waals surface area contributed by atoms with Gasteiger partial charge in [-0.1, -0.05) is 32.0 Å². The maximum absolute atomic E-state index is 5.93. The van der Waals surface area contributed by atoms with Crippen molar-refractivity contribution in [2.45, 2.75) is 33.4 Å². The van der Waals surface area contributed by atoms with E-state index in [4.69, 9.17) is 4.74 Å². The first-order chi connectivity index (χ1) is 12.1. The molecule has 0 aliphatic carbocycles. The molecule has 2 aromatic rings. The van der Waals surface area contributed by atoms with Gasteiger partial charge in [0.25, 0.3) is 0 Å². The Morgan fingerprint density at radius 2 is 2.00 bits per heavy atom. The fourth-order valence-corrected chi connectivity index (χ4v) is 2.24. The number of hydrogen-bond acceptors (Lipinski definition) is 4. The van der Waals surface area contributed by atoms with Crippen molar-refractivity contribution in [3.05, 3.63) is 42.0 Å². The van der Waals surface area contributed by atoms with E-state index >= 15 is 0 Å². The van der Waals surface area contributed by atoms with Crippen LogP contribution in [0.3, 0.4) is 0 Å². The van der Waals surface area contributed by atoms with Gasteiger partial charge in [0.05, 0.1) is 13.2 Å². The minimum absolute atomic E-state index is 0.558. The number of aryl methyl sites for hydroxylation is 1. The second-order valence-electron chi connectivity index (χ2n) is 6.22. The summed E-state index contributed by atoms with van der Waals surface area (Å²) in [6, 6.07) is 8.08. The monoisotopic (exact) mass is 344 g/mol. The molecule has 0 atom stereocenters. The van der Waals surface area contributed by atoms with Crippen LogP contribution in [0.15, 0.2) is 35.6 Å². The summed E-state index contributed by atoms with van der Waals surface area (Å²) in [5.41, 5.74) is 1.10. The lowest BCUT2D eigenvalue weighted by molar-refractivity contribution is 0.286. The summed E-state index contributed by atoms with van der Waals surface area (Å²) >= 11 is 0. The first kappa shape index (κ1) is 18.8. The second kappa shape index (κ2) is 9.66. The number of aromatic nitrogens is 3. The van der Waals surface area contributed by atoms with E-state index in [9.17, 15) is 0 Å². The Balaban J connectivity index is 1.87. The number of aliphatic imine (C=N–C) groups is 1. The molecule has 136 valence electrons. The van der Waals surface area contributed by atoms with Gasteiger partial charge in [0.2, 0.25) is 0 Å². The van der Waals surface area contributed by atoms with E-state index in [-0.39, 0.29) is 0 Å². The minimum Gasteiger partial charge on any atom is -0.493 e. The lowest BCUT2D eigenvalue weighted by Crippen LogP contribution is -2.37. The Morgan fingerprint density at radius 3 is 2.68 bits per heavy atom. The van der Waals surface area contributed by atoms with Gasteiger partial charge in [-0.25, -0.2) is 4.98 Å². The Kier molecular flexibility index (Phi) is 7.25. The summed E-state index contributed by atoms with van der Waals surface area (Å²) in [6.45, 7) is 6.32. The van der Waals surface area contributed by atoms with Crippen molar-refractivity contribution in [3.8, 4) is 5.75 Å². The molecular weight excluding hydrogens is 316 g/mol. The summed E-state index contributed by atoms with van der Waals surface area (Å²) in [7, 11) is 3.61. The average Bonchev–Trinajstić information content (AvgIpc) is 3.01. The second-order valence-corrected chi connectivity index (χ2v) is 6.22. The number of para-hydroxylation sites is 1. The van der Waals surface area contributed by atoms with E-state index in [1.54, 1.807) is 11.7 Å². The average molecular weight is 344 g/mol. The fourth-order valence-electron chi connectivity index (χ4n) is 2.24. The van der Waals surface area contributed by atoms with Crippen LogP contribution in [0, 0.1) is 5.92 Å². The highest BCUT2D eigenvalue weighted by molar-refractivity contribution is 5.79. The summed E-state index contributed by atoms with van der Waals surface area (Å²) in [6.07, 6.45) is 2.58. The number of rotatable bonds is 8. The van der Waals surface area contributed by atoms with Gasteiger partial charge in [-0.15, -0.1) is 0 Å². The van der Waals surface area contributed by atoms with Crippen molar-refractivity contribution in [3.63, 3.8) is 0 Å². The van der Waals surface area contributed by atoms with Crippen LogP contribution in [0.2, 0.25) is 0 Å². The number of hydrogen-bond donors (Lipinski definition) is 2. The van der Waals surface area contributed by atoms with Gasteiger partial charge in [0.1, 0.15) is 17.9 Å². The van der Waals surface area contributed by atoms with Crippen molar-refractivity contribution in [2.75, 3.05) is 13.7 Å². The first-order valence-corrected chi connectivity index (χ1v) is 8.58. The third-order valence-electron chi connectivity index (χ3n) is 3.81. The van der Waals surface area contributed by atoms with Crippen LogP contribution in [-0.4, -0.2) is 34.4 Å². The molecule has 0 aliphatic heterocycles. The van der Waals surface area contributed by atoms with Crippen molar-refractivity contribution < 1.29 is 4.74 Å². The molecule has 1 aromatic carbocycles. The first-order valence-electron chi connectivity index (χ1n) is 8.58. The van der Waals surface area contributed by atoms with Gasteiger partial charge in [-0.05, 0) is 18.4 Å². The van der Waals surface area contributed by atoms with Crippen LogP contribution in [0.5, 0.6) is 5.75 Å². The highest BCUT2D eigenvalue weighted by Gasteiger charge is 2.06. The Labute approximate surface area is 149 Å². The summed E-state index contributed by atoms with van der Waals surface area (Å²) in [4.78, 5) is 8.43. The van der Waals surface area contributed by atoms with E-state index in [0.717, 1.165) is 30.2 Å². The SMILES string of the molecule is CN=C(NCc1ccccc1OCCC(C)C)NCc1ncnn1C. The molecule has 25 heavy (non-hydrogen) atoms. The molecule has 7 heteroatoms. The van der Waals surface area contributed by atoms with Gasteiger partial charge in [-0.3, -0.25) is 9.67 Å². The summed E-state index contributed by atoms with van der Waals surface area (Å²) in [5.74, 6) is 3.11. The zero-order valence-electron chi connectivity index (χ0n) is 15.5. The number of benzene rings is 1. The largest absolute Gasteiger partial charge is 0.493 e. The highest BCUT2D eigenvalue weighted by atomic mass is 16.5. The normalized spacial score (nSPS) is 11.6. The van der Waals surface area contributed by atoms with E-state index in [1.807, 2.05) is 25.2 Å². The van der Waals surface area contributed by atoms with Crippen molar-refractivity contribution >= 4 is 5.96 Å². The van der Waals surface area contributed by atoms with Gasteiger partial charge in [0, 0.05) is 26.2 Å². The molecule has 7 nitrogen and oxygen atoms in total. The predicted molar refractivity (Wildman–Crippen MR) is 99.4 cm³/mol. The van der Waals surface area contributed by atoms with Crippen LogP contribution >= 0.6 is 0 Å². The van der Waals surface area contributed by atoms with Gasteiger partial charge in [0.15, 0.2) is 5.96 Å². The standard InChI is InChI=1S/C18H28N6O/c1-14(2)9-10-25-16-8-6-5-7-15(16)11-20-18(19-3)21-12-17-22-13-23-24(17)4/h5-8,13-14H,9-12H2,1-4H3,(H2,19,20,21). The summed E-state index contributed by atoms with van der Waals surface area (Å²) < 4.78 is 7.66. The molecule has 0 bridgehead atoms. The lowest BCUT2D eigenvalue weighted by atomic mass is 10.1. The molecule has 0 aliphatic rings. The molecule has 0 amide bonds. The highest BCUT2D eigenvalue weighted by Crippen LogP contribution is 2.18. The van der Waals surface area contributed by atoms with E-state index < -0.39 is 0 Å². The molecule has 0 unspecified atom stereocenters. The van der Waals surface area contributed by atoms with Gasteiger partial charge in [-0.2, -0.15) is 5.10 Å². The van der Waals surface area contributed by atoms with Gasteiger partial charge >= 0.3 is 0 Å². The molecule has 2 N–H and O–H groups in total. The minimum atomic E-state index is 0.558. The molecule has 0 spiro atoms. The molecule has 0 saturated heterocycles. The van der Waals surface area contributed by atoms with Crippen LogP contribution < -0.4 is 15.4 Å². The smallest absolute Gasteiger partial charge is 0.191 e. The number of ether oxygens (including phenoxy) is 1. The predicted octanol–water partition coefficient (Wildman–Crippen LogP) is 2.11. The Hall–Kier alpha value is -2.57. The maximum atomic E-state index is 5.93. The third kappa shape index (κ3) is 6.10. The van der Waals surface area contributed by atoms with Crippen LogP contribution in [0.25, 0.3) is 0 Å². The lowest BCUT2D eigenvalue weighted by Gasteiger charge is -2.15. The molecule has 0 radical (unpaired) electrons. The fraction of sp³-hybridized carbons (Fsp3) is 0.500. The number of nitrogens with one attached hydrogen (secondary N) is 2. The molecular formula is C18H28N6O. The Bertz CT molecular complexity index is 680. The van der Waals surface area contributed by atoms with Gasteiger partial charge < -0.3 is 15.4 Å². The molecule has 1 aromatic heterocycles. The molecule has 2 rings (SSSR count). The van der Waals surface area contributed by atoms with E-state index in [0.29, 0.717) is 25.0 Å². The van der Waals surface area contributed by atoms with E-state index in [1.165, 1.54) is 6.33 Å². The maximum Gasteiger partial charge on any atom is 0.191 e. The molecule has 1 heterocycles. The van der Waals surface area contributed by atoms with Crippen LogP contribution in [0.4, 0.5) is 0 Å². The van der Waals surface area contributed by atoms with Crippen molar-refractivity contribution in [1.82, 2.24) is 25.4 Å². The molecule has 0 fully saturated rings. The number of guanidine groups is 1. The Morgan fingerprint density at radius 1 is 1.24 bits per heavy atom. The van der Waals surface area contributed by atoms with E-state index in [2.05, 4.69) is 45.6 Å². The zero-order valence-corrected chi connectivity index (χ0v) is 15.5.